The van der Waals surface area contributed by atoms with Gasteiger partial charge in [0.05, 0.1) is 27.7 Å². The van der Waals surface area contributed by atoms with E-state index in [1.165, 1.54) is 0 Å². The number of likely N-dealkylation sites (N-methyl/N-ethyl adjacent to an activating group) is 1. The van der Waals surface area contributed by atoms with Crippen molar-refractivity contribution in [1.82, 2.24) is 0 Å². The second-order valence-corrected chi connectivity index (χ2v) is 16.8. The minimum absolute atomic E-state index is 0.00816. The first-order valence-corrected chi connectivity index (χ1v) is 23.8. The molecule has 60 heavy (non-hydrogen) atoms. The molecule has 0 aliphatic carbocycles. The van der Waals surface area contributed by atoms with E-state index in [0.717, 1.165) is 89.9 Å². The molecule has 0 aromatic heterocycles. The smallest absolute Gasteiger partial charge is 0.462 e. The number of carbonyl (C=O) groups excluding carboxylic acids is 2. The van der Waals surface area contributed by atoms with Gasteiger partial charge >= 0.3 is 19.8 Å². The molecular formula is C50H81NO8P+. The molecule has 0 saturated carbocycles. The van der Waals surface area contributed by atoms with Gasteiger partial charge in [-0.1, -0.05) is 142 Å². The largest absolute Gasteiger partial charge is 0.472 e. The van der Waals surface area contributed by atoms with E-state index in [2.05, 4.69) is 129 Å². The molecule has 0 aromatic rings. The van der Waals surface area contributed by atoms with Crippen LogP contribution in [-0.4, -0.2) is 74.9 Å². The number of rotatable bonds is 38. The third-order valence-corrected chi connectivity index (χ3v) is 9.47. The molecule has 0 heterocycles. The van der Waals surface area contributed by atoms with Crippen LogP contribution >= 0.6 is 7.82 Å². The summed E-state index contributed by atoms with van der Waals surface area (Å²) in [7, 11) is 1.40. The Kier molecular flexibility index (Phi) is 38.4. The monoisotopic (exact) mass is 855 g/mol. The Balaban J connectivity index is 4.55. The van der Waals surface area contributed by atoms with Gasteiger partial charge in [0.1, 0.15) is 19.8 Å². The number of carbonyl (C=O) groups is 2. The highest BCUT2D eigenvalue weighted by Crippen LogP contribution is 2.43. The molecule has 0 aromatic carbocycles. The maximum atomic E-state index is 12.7. The number of ether oxygens (including phenoxy) is 2. The Labute approximate surface area is 365 Å². The highest BCUT2D eigenvalue weighted by Gasteiger charge is 2.27. The fourth-order valence-corrected chi connectivity index (χ4v) is 5.81. The van der Waals surface area contributed by atoms with Gasteiger partial charge in [-0.3, -0.25) is 18.6 Å². The summed E-state index contributed by atoms with van der Waals surface area (Å²) in [4.78, 5) is 35.4. The maximum absolute atomic E-state index is 12.7. The van der Waals surface area contributed by atoms with Crippen molar-refractivity contribution in [2.45, 2.75) is 136 Å². The van der Waals surface area contributed by atoms with E-state index in [1.54, 1.807) is 0 Å². The quantitative estimate of drug-likeness (QED) is 0.0215. The first kappa shape index (κ1) is 56.4. The fraction of sp³-hybridized carbons (Fsp3) is 0.560. The lowest BCUT2D eigenvalue weighted by molar-refractivity contribution is -0.870. The summed E-state index contributed by atoms with van der Waals surface area (Å²) in [6.45, 7) is 4.05. The topological polar surface area (TPSA) is 108 Å². The van der Waals surface area contributed by atoms with Crippen LogP contribution in [0.25, 0.3) is 0 Å². The molecule has 0 rings (SSSR count). The second-order valence-electron chi connectivity index (χ2n) is 15.3. The van der Waals surface area contributed by atoms with E-state index in [9.17, 15) is 19.0 Å². The van der Waals surface area contributed by atoms with Crippen molar-refractivity contribution < 1.29 is 42.1 Å². The van der Waals surface area contributed by atoms with Gasteiger partial charge < -0.3 is 18.9 Å². The van der Waals surface area contributed by atoms with Crippen LogP contribution in [0.2, 0.25) is 0 Å². The molecule has 1 N–H and O–H groups in total. The highest BCUT2D eigenvalue weighted by atomic mass is 31.2. The SMILES string of the molecule is CC/C=C\C/C=C\C/C=C\C/C=C\C/C=C\CCCCCC(=O)OC(COC(=O)CCC/C=C\C/C=C\C/C=C\C/C=C\C/C=C\CC)COP(=O)(O)OCC[N+](C)(C)C. The zero-order chi connectivity index (χ0) is 44.3. The number of phosphoric acid groups is 1. The van der Waals surface area contributed by atoms with Crippen molar-refractivity contribution in [2.24, 2.45) is 0 Å². The number of hydrogen-bond acceptors (Lipinski definition) is 7. The van der Waals surface area contributed by atoms with Crippen molar-refractivity contribution in [2.75, 3.05) is 47.5 Å². The standard InChI is InChI=1S/C50H80NO8P/c1-6-8-10-12-14-16-18-20-22-24-25-27-29-31-33-35-37-39-41-43-50(53)59-48(47-58-60(54,55)57-45-44-51(3,4)5)46-56-49(52)42-40-38-36-34-32-30-28-26-23-21-19-17-15-13-11-9-7-2/h8-11,14-17,20-23,25,27-28,30-31,33-34,36,48H,6-7,12-13,18-19,24,26,29,32,35,37-47H2,1-5H3/p+1/b10-8-,11-9-,16-14-,17-15-,22-20-,23-21-,27-25-,30-28-,33-31-,36-34-. The molecule has 338 valence electrons. The van der Waals surface area contributed by atoms with Gasteiger partial charge in [0.2, 0.25) is 0 Å². The van der Waals surface area contributed by atoms with Crippen LogP contribution in [0.1, 0.15) is 129 Å². The summed E-state index contributed by atoms with van der Waals surface area (Å²) in [6, 6.07) is 0. The zero-order valence-electron chi connectivity index (χ0n) is 37.9. The second kappa shape index (κ2) is 40.8. The van der Waals surface area contributed by atoms with Gasteiger partial charge in [-0.25, -0.2) is 4.57 Å². The average Bonchev–Trinajstić information content (AvgIpc) is 3.20. The Hall–Kier alpha value is -3.59. The Morgan fingerprint density at radius 3 is 1.35 bits per heavy atom. The Morgan fingerprint density at radius 2 is 0.917 bits per heavy atom. The molecule has 0 radical (unpaired) electrons. The summed E-state index contributed by atoms with van der Waals surface area (Å²) in [5.74, 6) is -0.920. The molecule has 2 unspecified atom stereocenters. The van der Waals surface area contributed by atoms with Crippen LogP contribution in [0.3, 0.4) is 0 Å². The number of allylic oxidation sites excluding steroid dienone is 20. The molecule has 0 aliphatic rings. The fourth-order valence-electron chi connectivity index (χ4n) is 5.07. The lowest BCUT2D eigenvalue weighted by atomic mass is 10.1. The van der Waals surface area contributed by atoms with Gasteiger partial charge in [0, 0.05) is 12.8 Å². The third-order valence-electron chi connectivity index (χ3n) is 8.49. The minimum atomic E-state index is -4.41. The van der Waals surface area contributed by atoms with E-state index in [1.807, 2.05) is 27.2 Å². The third kappa shape index (κ3) is 44.0. The van der Waals surface area contributed by atoms with Crippen LogP contribution in [0.5, 0.6) is 0 Å². The minimum Gasteiger partial charge on any atom is -0.462 e. The van der Waals surface area contributed by atoms with Gasteiger partial charge in [0.15, 0.2) is 6.10 Å². The molecule has 0 bridgehead atoms. The van der Waals surface area contributed by atoms with Gasteiger partial charge in [-0.2, -0.15) is 0 Å². The summed E-state index contributed by atoms with van der Waals surface area (Å²) < 4.78 is 34.2. The molecule has 0 aliphatic heterocycles. The van der Waals surface area contributed by atoms with Gasteiger partial charge in [-0.05, 0) is 96.3 Å². The lowest BCUT2D eigenvalue weighted by Gasteiger charge is -2.24. The predicted molar refractivity (Wildman–Crippen MR) is 251 cm³/mol. The van der Waals surface area contributed by atoms with Crippen molar-refractivity contribution in [3.05, 3.63) is 122 Å². The van der Waals surface area contributed by atoms with E-state index in [-0.39, 0.29) is 26.1 Å². The first-order valence-electron chi connectivity index (χ1n) is 22.3. The average molecular weight is 855 g/mol. The predicted octanol–water partition coefficient (Wildman–Crippen LogP) is 12.9. The molecule has 0 spiro atoms. The van der Waals surface area contributed by atoms with Gasteiger partial charge in [-0.15, -0.1) is 0 Å². The molecule has 9 nitrogen and oxygen atoms in total. The molecule has 0 fully saturated rings. The Morgan fingerprint density at radius 1 is 0.517 bits per heavy atom. The van der Waals surface area contributed by atoms with Crippen molar-refractivity contribution >= 4 is 19.8 Å². The molecule has 0 saturated heterocycles. The Bertz CT molecular complexity index is 1430. The highest BCUT2D eigenvalue weighted by molar-refractivity contribution is 7.47. The van der Waals surface area contributed by atoms with Crippen molar-refractivity contribution in [3.63, 3.8) is 0 Å². The van der Waals surface area contributed by atoms with Gasteiger partial charge in [0.25, 0.3) is 0 Å². The van der Waals surface area contributed by atoms with E-state index in [0.29, 0.717) is 23.9 Å². The van der Waals surface area contributed by atoms with E-state index >= 15 is 0 Å². The van der Waals surface area contributed by atoms with Crippen LogP contribution in [-0.2, 0) is 32.7 Å². The van der Waals surface area contributed by atoms with Crippen molar-refractivity contribution in [1.29, 1.82) is 0 Å². The summed E-state index contributed by atoms with van der Waals surface area (Å²) >= 11 is 0. The summed E-state index contributed by atoms with van der Waals surface area (Å²) in [6.07, 6.45) is 56.9. The van der Waals surface area contributed by atoms with Crippen LogP contribution in [0.4, 0.5) is 0 Å². The summed E-state index contributed by atoms with van der Waals surface area (Å²) in [5.41, 5.74) is 0. The van der Waals surface area contributed by atoms with Crippen LogP contribution in [0.15, 0.2) is 122 Å². The number of quaternary nitrogens is 1. The molecule has 10 heteroatoms. The number of nitrogens with zero attached hydrogens (tertiary/aromatic N) is 1. The molecule has 2 atom stereocenters. The molecule has 0 amide bonds. The van der Waals surface area contributed by atoms with E-state index in [4.69, 9.17) is 18.5 Å². The zero-order valence-corrected chi connectivity index (χ0v) is 38.8. The van der Waals surface area contributed by atoms with E-state index < -0.39 is 32.5 Å². The first-order chi connectivity index (χ1) is 29.0. The number of hydrogen-bond donors (Lipinski definition) is 1. The normalized spacial score (nSPS) is 14.7. The van der Waals surface area contributed by atoms with Crippen molar-refractivity contribution in [3.8, 4) is 0 Å². The molecular weight excluding hydrogens is 774 g/mol. The maximum Gasteiger partial charge on any atom is 0.472 e. The number of phosphoric ester groups is 1. The van der Waals surface area contributed by atoms with Crippen LogP contribution < -0.4 is 0 Å². The number of esters is 2. The van der Waals surface area contributed by atoms with Crippen LogP contribution in [0, 0.1) is 0 Å². The number of unbranched alkanes of at least 4 members (excludes halogenated alkanes) is 4. The summed E-state index contributed by atoms with van der Waals surface area (Å²) in [5, 5.41) is 0. The lowest BCUT2D eigenvalue weighted by Crippen LogP contribution is -2.37.